The first-order valence-corrected chi connectivity index (χ1v) is 15.1. The van der Waals surface area contributed by atoms with Crippen molar-refractivity contribution in [2.75, 3.05) is 11.9 Å². The molecule has 10 nitrogen and oxygen atoms in total. The number of carbonyl (C=O) groups is 4. The normalized spacial score (nSPS) is 13.6. The highest BCUT2D eigenvalue weighted by atomic mass is 16.6. The zero-order valence-electron chi connectivity index (χ0n) is 26.6. The van der Waals surface area contributed by atoms with Gasteiger partial charge in [-0.3, -0.25) is 9.59 Å². The van der Waals surface area contributed by atoms with Gasteiger partial charge in [0.25, 0.3) is 0 Å². The largest absolute Gasteiger partial charge is 0.449 e. The molecule has 0 aromatic heterocycles. The van der Waals surface area contributed by atoms with Gasteiger partial charge in [0.05, 0.1) is 0 Å². The molecule has 3 aromatic carbocycles. The lowest BCUT2D eigenvalue weighted by Crippen LogP contribution is -2.53. The number of alkyl carbamates (subject to hydrolysis) is 2. The summed E-state index contributed by atoms with van der Waals surface area (Å²) in [4.78, 5) is 50.7. The van der Waals surface area contributed by atoms with Gasteiger partial charge in [-0.2, -0.15) is 0 Å². The van der Waals surface area contributed by atoms with Crippen LogP contribution in [0.1, 0.15) is 64.2 Å². The molecule has 1 aliphatic rings. The molecule has 2 atom stereocenters. The molecule has 0 unspecified atom stereocenters. The predicted molar refractivity (Wildman–Crippen MR) is 173 cm³/mol. The van der Waals surface area contributed by atoms with Crippen LogP contribution in [0.5, 0.6) is 0 Å². The minimum Gasteiger partial charge on any atom is -0.449 e. The van der Waals surface area contributed by atoms with Gasteiger partial charge in [0.2, 0.25) is 11.8 Å². The molecule has 0 aliphatic heterocycles. The van der Waals surface area contributed by atoms with Gasteiger partial charge in [-0.05, 0) is 73.6 Å². The molecule has 1 aliphatic carbocycles. The lowest BCUT2D eigenvalue weighted by Gasteiger charge is -2.24. The van der Waals surface area contributed by atoms with E-state index in [9.17, 15) is 19.2 Å². The van der Waals surface area contributed by atoms with Crippen LogP contribution in [0.15, 0.2) is 72.8 Å². The molecule has 238 valence electrons. The molecule has 0 bridgehead atoms. The van der Waals surface area contributed by atoms with Crippen LogP contribution in [0.3, 0.4) is 0 Å². The third-order valence-electron chi connectivity index (χ3n) is 7.38. The molecule has 0 radical (unpaired) electrons. The van der Waals surface area contributed by atoms with Crippen LogP contribution < -0.4 is 21.3 Å². The Morgan fingerprint density at radius 2 is 1.33 bits per heavy atom. The Labute approximate surface area is 264 Å². The molecule has 10 heteroatoms. The Balaban J connectivity index is 1.27. The summed E-state index contributed by atoms with van der Waals surface area (Å²) >= 11 is 0. The lowest BCUT2D eigenvalue weighted by atomic mass is 9.98. The van der Waals surface area contributed by atoms with Gasteiger partial charge in [0, 0.05) is 18.2 Å². The van der Waals surface area contributed by atoms with E-state index in [4.69, 9.17) is 9.47 Å². The van der Waals surface area contributed by atoms with E-state index in [1.807, 2.05) is 36.4 Å². The third kappa shape index (κ3) is 8.84. The predicted octanol–water partition coefficient (Wildman–Crippen LogP) is 5.72. The topological polar surface area (TPSA) is 135 Å². The van der Waals surface area contributed by atoms with Crippen LogP contribution >= 0.6 is 0 Å². The number of anilines is 1. The minimum absolute atomic E-state index is 0.103. The van der Waals surface area contributed by atoms with Crippen molar-refractivity contribution in [1.82, 2.24) is 16.0 Å². The van der Waals surface area contributed by atoms with Gasteiger partial charge >= 0.3 is 12.2 Å². The van der Waals surface area contributed by atoms with E-state index in [-0.39, 0.29) is 25.0 Å². The Kier molecular flexibility index (Phi) is 10.5. The fourth-order valence-corrected chi connectivity index (χ4v) is 5.12. The Hall–Kier alpha value is -4.86. The van der Waals surface area contributed by atoms with Crippen LogP contribution in [0.4, 0.5) is 15.3 Å². The zero-order chi connectivity index (χ0) is 32.7. The fraction of sp³-hybridized carbons (Fsp3) is 0.371. The molecule has 45 heavy (non-hydrogen) atoms. The fourth-order valence-electron chi connectivity index (χ4n) is 5.12. The number of carbonyl (C=O) groups excluding carboxylic acids is 4. The SMILES string of the molecule is CC(C)[C@H](NC(=O)OCC1c2ccccc2-c2ccccc21)C(=O)N[C@@H](C)C(=O)Nc1ccc(CNC(=O)OC(C)(C)C)cc1. The molecular formula is C35H42N4O6. The molecule has 0 fully saturated rings. The molecule has 4 amide bonds. The van der Waals surface area contributed by atoms with E-state index in [0.717, 1.165) is 27.8 Å². The number of hydrogen-bond donors (Lipinski definition) is 4. The third-order valence-corrected chi connectivity index (χ3v) is 7.38. The first-order chi connectivity index (χ1) is 21.3. The highest BCUT2D eigenvalue weighted by Gasteiger charge is 2.31. The average molecular weight is 615 g/mol. The lowest BCUT2D eigenvalue weighted by molar-refractivity contribution is -0.128. The van der Waals surface area contributed by atoms with Gasteiger partial charge in [-0.25, -0.2) is 9.59 Å². The molecule has 0 saturated carbocycles. The van der Waals surface area contributed by atoms with Crippen LogP contribution in [0.25, 0.3) is 11.1 Å². The van der Waals surface area contributed by atoms with Gasteiger partial charge in [-0.15, -0.1) is 0 Å². The molecule has 3 aromatic rings. The Morgan fingerprint density at radius 3 is 1.89 bits per heavy atom. The maximum absolute atomic E-state index is 13.1. The van der Waals surface area contributed by atoms with Crippen molar-refractivity contribution in [2.24, 2.45) is 5.92 Å². The molecular weight excluding hydrogens is 572 g/mol. The van der Waals surface area contributed by atoms with Crippen molar-refractivity contribution in [1.29, 1.82) is 0 Å². The summed E-state index contributed by atoms with van der Waals surface area (Å²) in [6, 6.07) is 21.3. The molecule has 0 heterocycles. The summed E-state index contributed by atoms with van der Waals surface area (Å²) in [6.45, 7) is 10.9. The Morgan fingerprint density at radius 1 is 0.756 bits per heavy atom. The van der Waals surface area contributed by atoms with E-state index in [1.54, 1.807) is 65.8 Å². The summed E-state index contributed by atoms with van der Waals surface area (Å²) < 4.78 is 10.9. The first kappa shape index (κ1) is 33.0. The summed E-state index contributed by atoms with van der Waals surface area (Å²) in [7, 11) is 0. The molecule has 0 saturated heterocycles. The minimum atomic E-state index is -0.910. The van der Waals surface area contributed by atoms with E-state index in [2.05, 4.69) is 33.4 Å². The number of hydrogen-bond acceptors (Lipinski definition) is 6. The standard InChI is InChI=1S/C35H42N4O6/c1-21(2)30(39-34(43)44-20-29-27-13-9-7-11-25(27)26-12-8-10-14-28(26)29)32(41)37-22(3)31(40)38-24-17-15-23(16-18-24)19-36-33(42)45-35(4,5)6/h7-18,21-22,29-30H,19-20H2,1-6H3,(H,36,42)(H,37,41)(H,38,40)(H,39,43)/t22-,30-/m0/s1. The van der Waals surface area contributed by atoms with Crippen molar-refractivity contribution in [3.05, 3.63) is 89.5 Å². The van der Waals surface area contributed by atoms with Gasteiger partial charge in [-0.1, -0.05) is 74.5 Å². The Bertz CT molecular complexity index is 1480. The number of amides is 4. The van der Waals surface area contributed by atoms with Crippen LogP contribution in [0, 0.1) is 5.92 Å². The molecule has 0 spiro atoms. The maximum atomic E-state index is 13.1. The van der Waals surface area contributed by atoms with Gasteiger partial charge < -0.3 is 30.7 Å². The van der Waals surface area contributed by atoms with Gasteiger partial charge in [0.1, 0.15) is 24.3 Å². The zero-order valence-corrected chi connectivity index (χ0v) is 26.6. The quantitative estimate of drug-likeness (QED) is 0.231. The number of nitrogens with one attached hydrogen (secondary N) is 4. The van der Waals surface area contributed by atoms with E-state index >= 15 is 0 Å². The van der Waals surface area contributed by atoms with E-state index < -0.39 is 41.7 Å². The second kappa shape index (κ2) is 14.3. The van der Waals surface area contributed by atoms with Crippen LogP contribution in [-0.2, 0) is 25.6 Å². The van der Waals surface area contributed by atoms with Crippen molar-refractivity contribution in [3.63, 3.8) is 0 Å². The second-order valence-electron chi connectivity index (χ2n) is 12.5. The number of fused-ring (bicyclic) bond motifs is 3. The average Bonchev–Trinajstić information content (AvgIpc) is 3.31. The maximum Gasteiger partial charge on any atom is 0.407 e. The van der Waals surface area contributed by atoms with Crippen molar-refractivity contribution < 1.29 is 28.7 Å². The van der Waals surface area contributed by atoms with Crippen molar-refractivity contribution >= 4 is 29.7 Å². The van der Waals surface area contributed by atoms with E-state index in [0.29, 0.717) is 5.69 Å². The number of ether oxygens (including phenoxy) is 2. The smallest absolute Gasteiger partial charge is 0.407 e. The molecule has 4 rings (SSSR count). The van der Waals surface area contributed by atoms with Crippen molar-refractivity contribution in [3.8, 4) is 11.1 Å². The van der Waals surface area contributed by atoms with Crippen LogP contribution in [-0.4, -0.2) is 48.3 Å². The number of benzene rings is 3. The molecule has 4 N–H and O–H groups in total. The second-order valence-corrected chi connectivity index (χ2v) is 12.5. The van der Waals surface area contributed by atoms with Crippen molar-refractivity contribution in [2.45, 2.75) is 71.7 Å². The summed E-state index contributed by atoms with van der Waals surface area (Å²) in [5.74, 6) is -1.28. The number of rotatable bonds is 10. The van der Waals surface area contributed by atoms with Gasteiger partial charge in [0.15, 0.2) is 0 Å². The summed E-state index contributed by atoms with van der Waals surface area (Å²) in [6.07, 6.45) is -1.22. The van der Waals surface area contributed by atoms with Crippen LogP contribution in [0.2, 0.25) is 0 Å². The monoisotopic (exact) mass is 614 g/mol. The highest BCUT2D eigenvalue weighted by Crippen LogP contribution is 2.44. The summed E-state index contributed by atoms with van der Waals surface area (Å²) in [5.41, 5.74) is 5.20. The van der Waals surface area contributed by atoms with E-state index in [1.165, 1.54) is 0 Å². The first-order valence-electron chi connectivity index (χ1n) is 15.1. The summed E-state index contributed by atoms with van der Waals surface area (Å²) in [5, 5.41) is 10.8. The highest BCUT2D eigenvalue weighted by molar-refractivity contribution is 5.98.